The molecule has 3 aromatic rings. The fraction of sp³-hybridized carbons (Fsp3) is 0.417. The first-order chi connectivity index (χ1) is 16.8. The van der Waals surface area contributed by atoms with Crippen LogP contribution in [0.1, 0.15) is 46.5 Å². The summed E-state index contributed by atoms with van der Waals surface area (Å²) in [6.07, 6.45) is -2.61. The zero-order chi connectivity index (χ0) is 24.6. The van der Waals surface area contributed by atoms with Crippen LogP contribution in [-0.4, -0.2) is 59.9 Å². The SMILES string of the molecule is O=C(c1ccc(OC(F)(F)F)cc1)N1CCC(c2c(F)cnc3[nH]c([C@@H]4CNCCO4)cc23)CC1. The van der Waals surface area contributed by atoms with Crippen LogP contribution in [0.2, 0.25) is 0 Å². The van der Waals surface area contributed by atoms with Crippen molar-refractivity contribution in [1.29, 1.82) is 0 Å². The van der Waals surface area contributed by atoms with Gasteiger partial charge in [-0.05, 0) is 49.1 Å². The quantitative estimate of drug-likeness (QED) is 0.532. The maximum atomic E-state index is 14.9. The predicted molar refractivity (Wildman–Crippen MR) is 119 cm³/mol. The molecular formula is C24H24F4N4O3. The molecule has 11 heteroatoms. The summed E-state index contributed by atoms with van der Waals surface area (Å²) in [6.45, 7) is 2.85. The second-order valence-electron chi connectivity index (χ2n) is 8.71. The minimum absolute atomic E-state index is 0.0961. The normalized spacial score (nSPS) is 19.8. The van der Waals surface area contributed by atoms with Crippen molar-refractivity contribution in [3.05, 3.63) is 59.2 Å². The van der Waals surface area contributed by atoms with Crippen molar-refractivity contribution >= 4 is 16.9 Å². The maximum absolute atomic E-state index is 14.9. The summed E-state index contributed by atoms with van der Waals surface area (Å²) in [5.41, 5.74) is 2.30. The van der Waals surface area contributed by atoms with Crippen molar-refractivity contribution in [3.8, 4) is 5.75 Å². The number of carbonyl (C=O) groups excluding carboxylic acids is 1. The fourth-order valence-electron chi connectivity index (χ4n) is 4.80. The van der Waals surface area contributed by atoms with Crippen LogP contribution in [0.5, 0.6) is 5.75 Å². The number of aromatic nitrogens is 2. The number of carbonyl (C=O) groups is 1. The monoisotopic (exact) mass is 492 g/mol. The minimum Gasteiger partial charge on any atom is -0.406 e. The molecule has 186 valence electrons. The van der Waals surface area contributed by atoms with Gasteiger partial charge in [-0.15, -0.1) is 13.2 Å². The first kappa shape index (κ1) is 23.6. The van der Waals surface area contributed by atoms with Gasteiger partial charge in [0.15, 0.2) is 0 Å². The van der Waals surface area contributed by atoms with Gasteiger partial charge in [0.05, 0.1) is 12.8 Å². The van der Waals surface area contributed by atoms with E-state index >= 15 is 0 Å². The summed E-state index contributed by atoms with van der Waals surface area (Å²) < 4.78 is 61.6. The van der Waals surface area contributed by atoms with Crippen molar-refractivity contribution in [2.75, 3.05) is 32.8 Å². The summed E-state index contributed by atoms with van der Waals surface area (Å²) in [6, 6.07) is 6.76. The van der Waals surface area contributed by atoms with Gasteiger partial charge >= 0.3 is 6.36 Å². The number of nitrogens with one attached hydrogen (secondary N) is 2. The number of H-pyrrole nitrogens is 1. The first-order valence-electron chi connectivity index (χ1n) is 11.4. The molecule has 2 aromatic heterocycles. The largest absolute Gasteiger partial charge is 0.573 e. The van der Waals surface area contributed by atoms with Crippen molar-refractivity contribution in [2.24, 2.45) is 0 Å². The maximum Gasteiger partial charge on any atom is 0.573 e. The van der Waals surface area contributed by atoms with Crippen molar-refractivity contribution < 1.29 is 31.8 Å². The van der Waals surface area contributed by atoms with E-state index in [0.717, 1.165) is 29.8 Å². The Hall–Kier alpha value is -3.18. The summed E-state index contributed by atoms with van der Waals surface area (Å²) in [5, 5.41) is 4.00. The molecule has 1 atom stereocenters. The fourth-order valence-corrected chi connectivity index (χ4v) is 4.80. The molecule has 2 N–H and O–H groups in total. The number of hydrogen-bond acceptors (Lipinski definition) is 5. The Balaban J connectivity index is 1.28. The molecule has 7 nitrogen and oxygen atoms in total. The van der Waals surface area contributed by atoms with E-state index in [1.54, 1.807) is 4.90 Å². The van der Waals surface area contributed by atoms with Gasteiger partial charge in [-0.1, -0.05) is 0 Å². The average Bonchev–Trinajstić information content (AvgIpc) is 3.28. The zero-order valence-corrected chi connectivity index (χ0v) is 18.7. The first-order valence-corrected chi connectivity index (χ1v) is 11.4. The second kappa shape index (κ2) is 9.46. The molecule has 35 heavy (non-hydrogen) atoms. The lowest BCUT2D eigenvalue weighted by atomic mass is 9.87. The zero-order valence-electron chi connectivity index (χ0n) is 18.7. The van der Waals surface area contributed by atoms with Gasteiger partial charge in [0.25, 0.3) is 5.91 Å². The van der Waals surface area contributed by atoms with E-state index in [1.165, 1.54) is 18.3 Å². The molecule has 5 rings (SSSR count). The molecule has 2 aliphatic heterocycles. The van der Waals surface area contributed by atoms with E-state index in [4.69, 9.17) is 4.74 Å². The lowest BCUT2D eigenvalue weighted by Crippen LogP contribution is -2.38. The van der Waals surface area contributed by atoms with Gasteiger partial charge in [-0.25, -0.2) is 9.37 Å². The Morgan fingerprint density at radius 3 is 2.57 bits per heavy atom. The molecule has 1 aromatic carbocycles. The Bertz CT molecular complexity index is 1200. The molecule has 0 saturated carbocycles. The number of amides is 1. The number of hydrogen-bond donors (Lipinski definition) is 2. The van der Waals surface area contributed by atoms with Crippen LogP contribution in [0.4, 0.5) is 17.6 Å². The number of benzene rings is 1. The highest BCUT2D eigenvalue weighted by atomic mass is 19.4. The number of fused-ring (bicyclic) bond motifs is 1. The van der Waals surface area contributed by atoms with Crippen LogP contribution in [0.25, 0.3) is 11.0 Å². The number of aromatic amines is 1. The number of rotatable bonds is 4. The van der Waals surface area contributed by atoms with Crippen LogP contribution in [-0.2, 0) is 4.74 Å². The van der Waals surface area contributed by atoms with Gasteiger partial charge in [0, 0.05) is 48.4 Å². The predicted octanol–water partition coefficient (Wildman–Crippen LogP) is 4.28. The topological polar surface area (TPSA) is 79.5 Å². The summed E-state index contributed by atoms with van der Waals surface area (Å²) in [4.78, 5) is 21.9. The summed E-state index contributed by atoms with van der Waals surface area (Å²) in [7, 11) is 0. The third-order valence-corrected chi connectivity index (χ3v) is 6.47. The summed E-state index contributed by atoms with van der Waals surface area (Å²) >= 11 is 0. The molecule has 1 amide bonds. The molecule has 0 unspecified atom stereocenters. The number of piperidine rings is 1. The molecule has 2 saturated heterocycles. The molecule has 0 spiro atoms. The van der Waals surface area contributed by atoms with Crippen molar-refractivity contribution in [2.45, 2.75) is 31.2 Å². The van der Waals surface area contributed by atoms with E-state index in [0.29, 0.717) is 50.3 Å². The van der Waals surface area contributed by atoms with Crippen LogP contribution in [0, 0.1) is 5.82 Å². The number of halogens is 4. The van der Waals surface area contributed by atoms with E-state index in [1.807, 2.05) is 6.07 Å². The van der Waals surface area contributed by atoms with Gasteiger partial charge in [-0.3, -0.25) is 4.79 Å². The van der Waals surface area contributed by atoms with Crippen LogP contribution in [0.15, 0.2) is 36.5 Å². The Labute approximate surface area is 198 Å². The lowest BCUT2D eigenvalue weighted by Gasteiger charge is -2.32. The van der Waals surface area contributed by atoms with Gasteiger partial charge in [0.2, 0.25) is 0 Å². The van der Waals surface area contributed by atoms with Gasteiger partial charge in [0.1, 0.15) is 23.3 Å². The Kier molecular flexibility index (Phi) is 6.37. The van der Waals surface area contributed by atoms with Crippen LogP contribution >= 0.6 is 0 Å². The van der Waals surface area contributed by atoms with Crippen LogP contribution < -0.4 is 10.1 Å². The highest BCUT2D eigenvalue weighted by Gasteiger charge is 2.32. The average molecular weight is 492 g/mol. The molecule has 4 heterocycles. The number of morpholine rings is 1. The molecule has 0 radical (unpaired) electrons. The number of alkyl halides is 3. The van der Waals surface area contributed by atoms with Gasteiger partial charge in [-0.2, -0.15) is 0 Å². The minimum atomic E-state index is -4.79. The van der Waals surface area contributed by atoms with E-state index in [-0.39, 0.29) is 35.1 Å². The number of nitrogens with zero attached hydrogens (tertiary/aromatic N) is 2. The standard InChI is InChI=1S/C24H24F4N4O3/c25-18-12-30-22-17(11-19(31-22)20-13-29-7-10-34-20)21(18)14-5-8-32(9-6-14)23(33)15-1-3-16(4-2-15)35-24(26,27)28/h1-4,11-12,14,20,29H,5-10,13H2,(H,30,31)/t20-/m0/s1. The Morgan fingerprint density at radius 2 is 1.91 bits per heavy atom. The smallest absolute Gasteiger partial charge is 0.406 e. The molecule has 2 fully saturated rings. The third-order valence-electron chi connectivity index (χ3n) is 6.47. The Morgan fingerprint density at radius 1 is 1.17 bits per heavy atom. The lowest BCUT2D eigenvalue weighted by molar-refractivity contribution is -0.274. The van der Waals surface area contributed by atoms with Gasteiger partial charge < -0.3 is 24.7 Å². The summed E-state index contributed by atoms with van der Waals surface area (Å²) in [5.74, 6) is -1.14. The van der Waals surface area contributed by atoms with E-state index in [9.17, 15) is 22.4 Å². The molecule has 0 bridgehead atoms. The second-order valence-corrected chi connectivity index (χ2v) is 8.71. The van der Waals surface area contributed by atoms with E-state index < -0.39 is 6.36 Å². The highest BCUT2D eigenvalue weighted by molar-refractivity contribution is 5.94. The number of ether oxygens (including phenoxy) is 2. The highest BCUT2D eigenvalue weighted by Crippen LogP contribution is 2.36. The number of pyridine rings is 1. The van der Waals surface area contributed by atoms with Crippen LogP contribution in [0.3, 0.4) is 0 Å². The molecule has 0 aliphatic carbocycles. The third kappa shape index (κ3) is 5.10. The molecule has 2 aliphatic rings. The van der Waals surface area contributed by atoms with Crippen molar-refractivity contribution in [1.82, 2.24) is 20.2 Å². The van der Waals surface area contributed by atoms with Crippen molar-refractivity contribution in [3.63, 3.8) is 0 Å². The van der Waals surface area contributed by atoms with E-state index in [2.05, 4.69) is 20.0 Å². The number of likely N-dealkylation sites (tertiary alicyclic amines) is 1. The molecular weight excluding hydrogens is 468 g/mol.